The molecule has 0 aromatic heterocycles. The summed E-state index contributed by atoms with van der Waals surface area (Å²) >= 11 is 0. The number of carboxylic acids is 1. The molecule has 5 heteroatoms. The SMILES string of the molecule is CN(Cc1cc(C(=O)O)ccc1F)c1cccc(F)c1. The third-order valence-corrected chi connectivity index (χ3v) is 2.95. The Morgan fingerprint density at radius 1 is 1.20 bits per heavy atom. The number of halogens is 2. The summed E-state index contributed by atoms with van der Waals surface area (Å²) in [4.78, 5) is 12.5. The molecule has 0 aliphatic rings. The fraction of sp³-hybridized carbons (Fsp3) is 0.133. The van der Waals surface area contributed by atoms with E-state index in [-0.39, 0.29) is 23.5 Å². The highest BCUT2D eigenvalue weighted by atomic mass is 19.1. The van der Waals surface area contributed by atoms with Crippen LogP contribution in [0.1, 0.15) is 15.9 Å². The number of benzene rings is 2. The maximum absolute atomic E-state index is 13.7. The fourth-order valence-corrected chi connectivity index (χ4v) is 1.89. The van der Waals surface area contributed by atoms with Gasteiger partial charge in [-0.1, -0.05) is 6.07 Å². The van der Waals surface area contributed by atoms with Gasteiger partial charge in [-0.2, -0.15) is 0 Å². The van der Waals surface area contributed by atoms with Crippen molar-refractivity contribution in [1.29, 1.82) is 0 Å². The molecule has 2 aromatic carbocycles. The fourth-order valence-electron chi connectivity index (χ4n) is 1.89. The second kappa shape index (κ2) is 5.69. The average Bonchev–Trinajstić information content (AvgIpc) is 2.41. The molecule has 0 fully saturated rings. The van der Waals surface area contributed by atoms with Gasteiger partial charge in [-0.15, -0.1) is 0 Å². The maximum Gasteiger partial charge on any atom is 0.335 e. The van der Waals surface area contributed by atoms with Gasteiger partial charge in [0.05, 0.1) is 5.56 Å². The van der Waals surface area contributed by atoms with Gasteiger partial charge in [0.1, 0.15) is 11.6 Å². The molecule has 0 atom stereocenters. The summed E-state index contributed by atoms with van der Waals surface area (Å²) in [6.45, 7) is 0.149. The molecule has 0 saturated carbocycles. The number of hydrogen-bond donors (Lipinski definition) is 1. The number of nitrogens with zero attached hydrogens (tertiary/aromatic N) is 1. The van der Waals surface area contributed by atoms with E-state index in [1.807, 2.05) is 0 Å². The van der Waals surface area contributed by atoms with Crippen LogP contribution in [0, 0.1) is 11.6 Å². The molecule has 0 saturated heterocycles. The van der Waals surface area contributed by atoms with Crippen LogP contribution in [0.15, 0.2) is 42.5 Å². The molecule has 0 heterocycles. The Labute approximate surface area is 115 Å². The van der Waals surface area contributed by atoms with E-state index in [0.717, 1.165) is 6.07 Å². The maximum atomic E-state index is 13.7. The van der Waals surface area contributed by atoms with E-state index in [2.05, 4.69) is 0 Å². The minimum absolute atomic E-state index is 0.0223. The number of carboxylic acid groups (broad SMARTS) is 1. The van der Waals surface area contributed by atoms with E-state index in [1.165, 1.54) is 24.3 Å². The first-order valence-electron chi connectivity index (χ1n) is 5.96. The van der Waals surface area contributed by atoms with E-state index in [4.69, 9.17) is 5.11 Å². The van der Waals surface area contributed by atoms with Crippen molar-refractivity contribution in [3.05, 3.63) is 65.2 Å². The zero-order valence-electron chi connectivity index (χ0n) is 10.8. The number of hydrogen-bond acceptors (Lipinski definition) is 2. The molecule has 0 radical (unpaired) electrons. The Kier molecular flexibility index (Phi) is 3.98. The summed E-state index contributed by atoms with van der Waals surface area (Å²) in [5, 5.41) is 8.90. The highest BCUT2D eigenvalue weighted by molar-refractivity contribution is 5.87. The molecule has 2 aromatic rings. The molecular weight excluding hydrogens is 264 g/mol. The molecule has 0 unspecified atom stereocenters. The average molecular weight is 277 g/mol. The summed E-state index contributed by atoms with van der Waals surface area (Å²) in [5.41, 5.74) is 0.857. The highest BCUT2D eigenvalue weighted by Gasteiger charge is 2.11. The Bertz CT molecular complexity index is 644. The molecule has 1 N–H and O–H groups in total. The van der Waals surface area contributed by atoms with Gasteiger partial charge >= 0.3 is 5.97 Å². The van der Waals surface area contributed by atoms with Crippen LogP contribution in [0.4, 0.5) is 14.5 Å². The normalized spacial score (nSPS) is 10.3. The Hall–Kier alpha value is -2.43. The number of anilines is 1. The van der Waals surface area contributed by atoms with E-state index in [1.54, 1.807) is 24.1 Å². The quantitative estimate of drug-likeness (QED) is 0.932. The molecule has 3 nitrogen and oxygen atoms in total. The Morgan fingerprint density at radius 2 is 1.95 bits per heavy atom. The first kappa shape index (κ1) is 14.0. The van der Waals surface area contributed by atoms with Gasteiger partial charge in [-0.3, -0.25) is 0 Å². The van der Waals surface area contributed by atoms with Crippen LogP contribution in [0.3, 0.4) is 0 Å². The van der Waals surface area contributed by atoms with Gasteiger partial charge in [0, 0.05) is 24.8 Å². The molecule has 20 heavy (non-hydrogen) atoms. The Balaban J connectivity index is 2.25. The summed E-state index contributed by atoms with van der Waals surface area (Å²) in [6.07, 6.45) is 0. The highest BCUT2D eigenvalue weighted by Crippen LogP contribution is 2.19. The lowest BCUT2D eigenvalue weighted by atomic mass is 10.1. The van der Waals surface area contributed by atoms with Gasteiger partial charge in [0.15, 0.2) is 0 Å². The smallest absolute Gasteiger partial charge is 0.335 e. The van der Waals surface area contributed by atoms with Gasteiger partial charge in [-0.05, 0) is 36.4 Å². The Morgan fingerprint density at radius 3 is 2.60 bits per heavy atom. The van der Waals surface area contributed by atoms with Crippen molar-refractivity contribution in [2.24, 2.45) is 0 Å². The molecule has 0 bridgehead atoms. The molecule has 104 valence electrons. The lowest BCUT2D eigenvalue weighted by Gasteiger charge is -2.20. The molecule has 0 spiro atoms. The summed E-state index contributed by atoms with van der Waals surface area (Å²) in [5.74, 6) is -1.98. The topological polar surface area (TPSA) is 40.5 Å². The number of aromatic carboxylic acids is 1. The minimum Gasteiger partial charge on any atom is -0.478 e. The predicted octanol–water partition coefficient (Wildman–Crippen LogP) is 3.30. The molecular formula is C15H13F2NO2. The van der Waals surface area contributed by atoms with E-state index < -0.39 is 11.8 Å². The van der Waals surface area contributed by atoms with Crippen LogP contribution in [-0.2, 0) is 6.54 Å². The van der Waals surface area contributed by atoms with Gasteiger partial charge in [0.25, 0.3) is 0 Å². The van der Waals surface area contributed by atoms with Crippen molar-refractivity contribution in [2.45, 2.75) is 6.54 Å². The van der Waals surface area contributed by atoms with Crippen LogP contribution >= 0.6 is 0 Å². The summed E-state index contributed by atoms with van der Waals surface area (Å²) < 4.78 is 26.8. The van der Waals surface area contributed by atoms with E-state index in [9.17, 15) is 13.6 Å². The lowest BCUT2D eigenvalue weighted by Crippen LogP contribution is -2.17. The summed E-state index contributed by atoms with van der Waals surface area (Å²) in [7, 11) is 1.68. The molecule has 2 rings (SSSR count). The van der Waals surface area contributed by atoms with Crippen LogP contribution in [0.2, 0.25) is 0 Å². The van der Waals surface area contributed by atoms with Gasteiger partial charge in [0.2, 0.25) is 0 Å². The van der Waals surface area contributed by atoms with Crippen LogP contribution in [0.25, 0.3) is 0 Å². The van der Waals surface area contributed by atoms with Crippen molar-refractivity contribution in [3.63, 3.8) is 0 Å². The van der Waals surface area contributed by atoms with Crippen molar-refractivity contribution in [2.75, 3.05) is 11.9 Å². The van der Waals surface area contributed by atoms with E-state index >= 15 is 0 Å². The van der Waals surface area contributed by atoms with Crippen molar-refractivity contribution < 1.29 is 18.7 Å². The largest absolute Gasteiger partial charge is 0.478 e. The second-order valence-electron chi connectivity index (χ2n) is 4.45. The molecule has 0 aliphatic carbocycles. The van der Waals surface area contributed by atoms with Crippen LogP contribution in [0.5, 0.6) is 0 Å². The predicted molar refractivity (Wildman–Crippen MR) is 71.9 cm³/mol. The standard InChI is InChI=1S/C15H13F2NO2/c1-18(13-4-2-3-12(16)8-13)9-11-7-10(15(19)20)5-6-14(11)17/h2-8H,9H2,1H3,(H,19,20). The first-order chi connectivity index (χ1) is 9.47. The first-order valence-corrected chi connectivity index (χ1v) is 5.96. The van der Waals surface area contributed by atoms with Gasteiger partial charge < -0.3 is 10.0 Å². The second-order valence-corrected chi connectivity index (χ2v) is 4.45. The third kappa shape index (κ3) is 3.12. The molecule has 0 aliphatic heterocycles. The van der Waals surface area contributed by atoms with Gasteiger partial charge in [-0.25, -0.2) is 13.6 Å². The lowest BCUT2D eigenvalue weighted by molar-refractivity contribution is 0.0696. The zero-order chi connectivity index (χ0) is 14.7. The molecule has 0 amide bonds. The monoisotopic (exact) mass is 277 g/mol. The minimum atomic E-state index is -1.11. The van der Waals surface area contributed by atoms with E-state index in [0.29, 0.717) is 5.69 Å². The van der Waals surface area contributed by atoms with Crippen LogP contribution < -0.4 is 4.90 Å². The number of carbonyl (C=O) groups is 1. The third-order valence-electron chi connectivity index (χ3n) is 2.95. The summed E-state index contributed by atoms with van der Waals surface area (Å²) in [6, 6.07) is 9.53. The zero-order valence-corrected chi connectivity index (χ0v) is 10.8. The number of rotatable bonds is 4. The van der Waals surface area contributed by atoms with Crippen molar-refractivity contribution in [3.8, 4) is 0 Å². The van der Waals surface area contributed by atoms with Crippen molar-refractivity contribution >= 4 is 11.7 Å². The van der Waals surface area contributed by atoms with Crippen LogP contribution in [-0.4, -0.2) is 18.1 Å². The van der Waals surface area contributed by atoms with Crippen molar-refractivity contribution in [1.82, 2.24) is 0 Å².